The molecule has 0 unspecified atom stereocenters. The first-order valence-corrected chi connectivity index (χ1v) is 6.56. The number of aryl methyl sites for hydroxylation is 1. The summed E-state index contributed by atoms with van der Waals surface area (Å²) in [4.78, 5) is 0. The summed E-state index contributed by atoms with van der Waals surface area (Å²) in [6, 6.07) is 10.6. The highest BCUT2D eigenvalue weighted by Crippen LogP contribution is 2.28. The third kappa shape index (κ3) is 5.04. The summed E-state index contributed by atoms with van der Waals surface area (Å²) < 4.78 is 45.4. The lowest BCUT2D eigenvalue weighted by molar-refractivity contribution is -0.274. The number of methoxy groups -OCH3 is 1. The van der Waals surface area contributed by atoms with Gasteiger partial charge in [0.25, 0.3) is 0 Å². The predicted molar refractivity (Wildman–Crippen MR) is 84.1 cm³/mol. The molecule has 0 saturated heterocycles. The summed E-state index contributed by atoms with van der Waals surface area (Å²) in [5.41, 5.74) is 8.71. The number of ether oxygens (including phenoxy) is 2. The van der Waals surface area contributed by atoms with Crippen LogP contribution >= 0.6 is 12.4 Å². The molecule has 1 atom stereocenters. The van der Waals surface area contributed by atoms with Crippen molar-refractivity contribution in [3.63, 3.8) is 0 Å². The maximum Gasteiger partial charge on any atom is 0.573 e. The molecular weight excluding hydrogens is 331 g/mol. The van der Waals surface area contributed by atoms with Crippen LogP contribution in [0.5, 0.6) is 11.5 Å². The zero-order valence-electron chi connectivity index (χ0n) is 12.6. The predicted octanol–water partition coefficient (Wildman–Crippen LogP) is 4.37. The Morgan fingerprint density at radius 3 is 2.04 bits per heavy atom. The largest absolute Gasteiger partial charge is 0.573 e. The van der Waals surface area contributed by atoms with Crippen molar-refractivity contribution in [3.05, 3.63) is 59.2 Å². The third-order valence-corrected chi connectivity index (χ3v) is 3.28. The molecule has 0 bridgehead atoms. The van der Waals surface area contributed by atoms with E-state index < -0.39 is 12.4 Å². The Labute approximate surface area is 138 Å². The second-order valence-corrected chi connectivity index (χ2v) is 4.82. The quantitative estimate of drug-likeness (QED) is 0.893. The number of benzene rings is 2. The summed E-state index contributed by atoms with van der Waals surface area (Å²) in [6.07, 6.45) is -4.70. The standard InChI is InChI=1S/C16H16F3NO2.ClH/c1-10-9-13(21-2)7-8-14(10)15(20)11-3-5-12(6-4-11)22-16(17,18)19;/h3-9,15H,20H2,1-2H3;1H/t15-;/m1./s1. The fraction of sp³-hybridized carbons (Fsp3) is 0.250. The Bertz CT molecular complexity index is 645. The van der Waals surface area contributed by atoms with Crippen molar-refractivity contribution in [2.75, 3.05) is 7.11 Å². The van der Waals surface area contributed by atoms with Crippen LogP contribution in [-0.2, 0) is 0 Å². The van der Waals surface area contributed by atoms with Crippen LogP contribution in [0.2, 0.25) is 0 Å². The van der Waals surface area contributed by atoms with E-state index in [1.54, 1.807) is 13.2 Å². The highest BCUT2D eigenvalue weighted by Gasteiger charge is 2.31. The molecule has 2 N–H and O–H groups in total. The van der Waals surface area contributed by atoms with E-state index in [4.69, 9.17) is 10.5 Å². The summed E-state index contributed by atoms with van der Waals surface area (Å²) in [6.45, 7) is 1.90. The highest BCUT2D eigenvalue weighted by molar-refractivity contribution is 5.85. The Hall–Kier alpha value is -1.92. The van der Waals surface area contributed by atoms with Crippen molar-refractivity contribution in [2.24, 2.45) is 5.73 Å². The van der Waals surface area contributed by atoms with Crippen molar-refractivity contribution >= 4 is 12.4 Å². The number of rotatable bonds is 4. The molecule has 0 aromatic heterocycles. The van der Waals surface area contributed by atoms with Gasteiger partial charge < -0.3 is 15.2 Å². The van der Waals surface area contributed by atoms with E-state index in [-0.39, 0.29) is 18.2 Å². The molecule has 0 fully saturated rings. The molecular formula is C16H17ClF3NO2. The van der Waals surface area contributed by atoms with E-state index >= 15 is 0 Å². The van der Waals surface area contributed by atoms with E-state index in [0.717, 1.165) is 16.9 Å². The van der Waals surface area contributed by atoms with Gasteiger partial charge in [-0.3, -0.25) is 0 Å². The monoisotopic (exact) mass is 347 g/mol. The van der Waals surface area contributed by atoms with Crippen molar-refractivity contribution < 1.29 is 22.6 Å². The van der Waals surface area contributed by atoms with Crippen molar-refractivity contribution in [3.8, 4) is 11.5 Å². The molecule has 0 saturated carbocycles. The Kier molecular flexibility index (Phi) is 6.29. The van der Waals surface area contributed by atoms with Gasteiger partial charge in [0.2, 0.25) is 0 Å². The third-order valence-electron chi connectivity index (χ3n) is 3.28. The van der Waals surface area contributed by atoms with Crippen LogP contribution in [0.3, 0.4) is 0 Å². The molecule has 0 heterocycles. The molecule has 3 nitrogen and oxygen atoms in total. The van der Waals surface area contributed by atoms with Gasteiger partial charge in [0.15, 0.2) is 0 Å². The molecule has 7 heteroatoms. The average molecular weight is 348 g/mol. The first-order chi connectivity index (χ1) is 10.3. The number of hydrogen-bond donors (Lipinski definition) is 1. The first kappa shape index (κ1) is 19.1. The SMILES string of the molecule is COc1ccc([C@H](N)c2ccc(OC(F)(F)F)cc2)c(C)c1.Cl. The minimum atomic E-state index is -4.70. The van der Waals surface area contributed by atoms with Gasteiger partial charge >= 0.3 is 6.36 Å². The van der Waals surface area contributed by atoms with Crippen LogP contribution in [-0.4, -0.2) is 13.5 Å². The molecule has 0 aliphatic carbocycles. The average Bonchev–Trinajstić information content (AvgIpc) is 2.45. The maximum absolute atomic E-state index is 12.1. The van der Waals surface area contributed by atoms with Gasteiger partial charge in [0, 0.05) is 0 Å². The summed E-state index contributed by atoms with van der Waals surface area (Å²) >= 11 is 0. The van der Waals surface area contributed by atoms with Gasteiger partial charge in [-0.25, -0.2) is 0 Å². The van der Waals surface area contributed by atoms with Crippen LogP contribution in [0.25, 0.3) is 0 Å². The van der Waals surface area contributed by atoms with Gasteiger partial charge in [-0.05, 0) is 47.9 Å². The normalized spacial score (nSPS) is 12.3. The topological polar surface area (TPSA) is 44.5 Å². The fourth-order valence-corrected chi connectivity index (χ4v) is 2.18. The maximum atomic E-state index is 12.1. The molecule has 0 amide bonds. The minimum absolute atomic E-state index is 0. The minimum Gasteiger partial charge on any atom is -0.497 e. The molecule has 2 aromatic rings. The van der Waals surface area contributed by atoms with Crippen LogP contribution in [0, 0.1) is 6.92 Å². The summed E-state index contributed by atoms with van der Waals surface area (Å²) in [7, 11) is 1.58. The van der Waals surface area contributed by atoms with E-state index in [2.05, 4.69) is 4.74 Å². The lowest BCUT2D eigenvalue weighted by atomic mass is 9.95. The number of nitrogens with two attached hydrogens (primary N) is 1. The van der Waals surface area contributed by atoms with E-state index in [0.29, 0.717) is 5.56 Å². The van der Waals surface area contributed by atoms with Gasteiger partial charge in [-0.1, -0.05) is 18.2 Å². The Morgan fingerprint density at radius 1 is 1.00 bits per heavy atom. The molecule has 2 aromatic carbocycles. The number of alkyl halides is 3. The van der Waals surface area contributed by atoms with Crippen molar-refractivity contribution in [1.29, 1.82) is 0 Å². The van der Waals surface area contributed by atoms with Crippen LogP contribution in [0.15, 0.2) is 42.5 Å². The zero-order valence-corrected chi connectivity index (χ0v) is 13.4. The van der Waals surface area contributed by atoms with Crippen LogP contribution in [0.1, 0.15) is 22.7 Å². The summed E-state index contributed by atoms with van der Waals surface area (Å²) in [5.74, 6) is 0.456. The molecule has 0 spiro atoms. The number of halogens is 4. The molecule has 2 rings (SSSR count). The lowest BCUT2D eigenvalue weighted by Crippen LogP contribution is -2.17. The first-order valence-electron chi connectivity index (χ1n) is 6.56. The van der Waals surface area contributed by atoms with Gasteiger partial charge in [0.05, 0.1) is 13.2 Å². The van der Waals surface area contributed by atoms with Gasteiger partial charge in [0.1, 0.15) is 11.5 Å². The van der Waals surface area contributed by atoms with E-state index in [1.165, 1.54) is 24.3 Å². The van der Waals surface area contributed by atoms with E-state index in [9.17, 15) is 13.2 Å². The number of hydrogen-bond acceptors (Lipinski definition) is 3. The second kappa shape index (κ2) is 7.57. The zero-order chi connectivity index (χ0) is 16.3. The smallest absolute Gasteiger partial charge is 0.497 e. The Balaban J connectivity index is 0.00000264. The Morgan fingerprint density at radius 2 is 1.57 bits per heavy atom. The van der Waals surface area contributed by atoms with Gasteiger partial charge in [-0.15, -0.1) is 25.6 Å². The lowest BCUT2D eigenvalue weighted by Gasteiger charge is -2.17. The van der Waals surface area contributed by atoms with Crippen LogP contribution in [0.4, 0.5) is 13.2 Å². The highest BCUT2D eigenvalue weighted by atomic mass is 35.5. The van der Waals surface area contributed by atoms with E-state index in [1.807, 2.05) is 19.1 Å². The molecule has 126 valence electrons. The fourth-order valence-electron chi connectivity index (χ4n) is 2.18. The molecule has 23 heavy (non-hydrogen) atoms. The second-order valence-electron chi connectivity index (χ2n) is 4.82. The molecule has 0 radical (unpaired) electrons. The van der Waals surface area contributed by atoms with Gasteiger partial charge in [-0.2, -0.15) is 0 Å². The van der Waals surface area contributed by atoms with Crippen molar-refractivity contribution in [2.45, 2.75) is 19.3 Å². The van der Waals surface area contributed by atoms with Crippen LogP contribution < -0.4 is 15.2 Å². The molecule has 0 aliphatic heterocycles. The molecule has 0 aliphatic rings. The summed E-state index contributed by atoms with van der Waals surface area (Å²) in [5, 5.41) is 0. The van der Waals surface area contributed by atoms with Crippen molar-refractivity contribution in [1.82, 2.24) is 0 Å².